The molecule has 11 aromatic rings. The van der Waals surface area contributed by atoms with Crippen LogP contribution in [0.2, 0.25) is 0 Å². The third kappa shape index (κ3) is 6.70. The van der Waals surface area contributed by atoms with Crippen LogP contribution in [0.1, 0.15) is 0 Å². The summed E-state index contributed by atoms with van der Waals surface area (Å²) in [6, 6.07) is 98.0. The lowest BCUT2D eigenvalue weighted by atomic mass is 9.30. The molecule has 4 aliphatic rings. The van der Waals surface area contributed by atoms with Crippen molar-refractivity contribution in [1.29, 1.82) is 0 Å². The Balaban J connectivity index is 0.993. The van der Waals surface area contributed by atoms with Gasteiger partial charge in [0.15, 0.2) is 0 Å². The molecule has 15 rings (SSSR count). The summed E-state index contributed by atoms with van der Waals surface area (Å²) in [4.78, 5) is 14.7. The number of hydrogen-bond donors (Lipinski definition) is 0. The van der Waals surface area contributed by atoms with E-state index in [4.69, 9.17) is 0 Å². The first-order chi connectivity index (χ1) is 37.6. The van der Waals surface area contributed by atoms with Crippen molar-refractivity contribution in [3.63, 3.8) is 0 Å². The van der Waals surface area contributed by atoms with Crippen LogP contribution in [0, 0.1) is 0 Å². The van der Waals surface area contributed by atoms with Gasteiger partial charge in [-0.2, -0.15) is 0 Å². The minimum absolute atomic E-state index is 0.0490. The Morgan fingerprint density at radius 2 is 0.553 bits per heavy atom. The first kappa shape index (κ1) is 43.9. The summed E-state index contributed by atoms with van der Waals surface area (Å²) in [5.74, 6) is 0. The van der Waals surface area contributed by atoms with E-state index < -0.39 is 0 Å². The number of para-hydroxylation sites is 8. The quantitative estimate of drug-likeness (QED) is 0.140. The third-order valence-electron chi connectivity index (χ3n) is 16.1. The van der Waals surface area contributed by atoms with E-state index in [0.717, 1.165) is 45.5 Å². The monoisotopic (exact) mass is 972 g/mol. The van der Waals surface area contributed by atoms with Crippen molar-refractivity contribution in [3.05, 3.63) is 267 Å². The fraction of sp³-hybridized carbons (Fsp3) is 0.0294. The molecule has 0 amide bonds. The molecule has 11 aromatic carbocycles. The molecule has 0 radical (unpaired) electrons. The molecule has 76 heavy (non-hydrogen) atoms. The van der Waals surface area contributed by atoms with Gasteiger partial charge in [0.2, 0.25) is 0 Å². The number of rotatable bonds is 8. The second kappa shape index (κ2) is 17.5. The molecule has 0 saturated carbocycles. The van der Waals surface area contributed by atoms with Gasteiger partial charge in [-0.1, -0.05) is 152 Å². The largest absolute Gasteiger partial charge is 0.345 e. The predicted molar refractivity (Wildman–Crippen MR) is 323 cm³/mol. The lowest BCUT2D eigenvalue weighted by molar-refractivity contribution is 1.17. The van der Waals surface area contributed by atoms with Gasteiger partial charge in [-0.25, -0.2) is 0 Å². The Morgan fingerprint density at radius 3 is 0.908 bits per heavy atom. The van der Waals surface area contributed by atoms with Crippen LogP contribution in [0.15, 0.2) is 267 Å². The van der Waals surface area contributed by atoms with Crippen molar-refractivity contribution in [2.45, 2.75) is 0 Å². The Bertz CT molecular complexity index is 3680. The number of nitrogens with zero attached hydrogens (tertiary/aromatic N) is 6. The summed E-state index contributed by atoms with van der Waals surface area (Å²) in [5.41, 5.74) is 26.1. The minimum atomic E-state index is -0.0490. The lowest BCUT2D eigenvalue weighted by Crippen LogP contribution is -2.65. The zero-order valence-corrected chi connectivity index (χ0v) is 42.2. The standard InChI is InChI=1S/C68H50B2N6/c1-71-61-46-62-58(70-56-38-22-24-40-60(56)76(52-35-19-8-20-36-52)66-44-54(42-64(68(66)70)72(62)2)74(49-29-13-5-14-30-49)50-31-15-6-16-32-50)45-57(61)69-55-37-21-23-39-59(55)75(51-33-17-7-18-34-51)65-43-53(41-63(71)67(65)69)73(47-25-9-3-10-26-47)48-27-11-4-12-28-48/h3-46H,1-2H3. The van der Waals surface area contributed by atoms with Crippen molar-refractivity contribution in [2.24, 2.45) is 0 Å². The number of hydrogen-bond acceptors (Lipinski definition) is 6. The third-order valence-corrected chi connectivity index (χ3v) is 16.1. The number of benzene rings is 11. The predicted octanol–water partition coefficient (Wildman–Crippen LogP) is 13.4. The highest BCUT2D eigenvalue weighted by Gasteiger charge is 2.47. The summed E-state index contributed by atoms with van der Waals surface area (Å²) in [6.07, 6.45) is 0. The molecule has 0 bridgehead atoms. The number of anilines is 16. The summed E-state index contributed by atoms with van der Waals surface area (Å²) < 4.78 is 0. The summed E-state index contributed by atoms with van der Waals surface area (Å²) in [7, 11) is 4.56. The SMILES string of the molecule is CN1c2cc3c(cc2B2c4ccccc4N(c4ccccc4)c4cc(N(c5ccccc5)c5ccccc5)cc1c42)B1c2ccccc2N(c2ccccc2)c2cc(N(c4ccccc4)c4ccccc4)cc(c21)N3C. The molecular weight excluding hydrogens is 922 g/mol. The lowest BCUT2D eigenvalue weighted by Gasteiger charge is -2.46. The van der Waals surface area contributed by atoms with E-state index in [9.17, 15) is 0 Å². The van der Waals surface area contributed by atoms with Crippen LogP contribution in [0.3, 0.4) is 0 Å². The van der Waals surface area contributed by atoms with Crippen LogP contribution < -0.4 is 62.2 Å². The summed E-state index contributed by atoms with van der Waals surface area (Å²) in [5, 5.41) is 0. The molecule has 0 aromatic heterocycles. The average molecular weight is 973 g/mol. The Labute approximate surface area is 445 Å². The van der Waals surface area contributed by atoms with E-state index in [1.54, 1.807) is 0 Å². The molecule has 8 heteroatoms. The molecule has 0 N–H and O–H groups in total. The fourth-order valence-corrected chi connectivity index (χ4v) is 12.9. The van der Waals surface area contributed by atoms with Crippen LogP contribution in [0.5, 0.6) is 0 Å². The molecule has 6 nitrogen and oxygen atoms in total. The maximum absolute atomic E-state index is 2.60. The normalized spacial score (nSPS) is 13.2. The van der Waals surface area contributed by atoms with Crippen LogP contribution in [-0.4, -0.2) is 27.5 Å². The van der Waals surface area contributed by atoms with Crippen molar-refractivity contribution in [1.82, 2.24) is 0 Å². The first-order valence-corrected chi connectivity index (χ1v) is 26.3. The average Bonchev–Trinajstić information content (AvgIpc) is 3.59. The highest BCUT2D eigenvalue weighted by atomic mass is 15.2. The van der Waals surface area contributed by atoms with Gasteiger partial charge in [0.1, 0.15) is 0 Å². The fourth-order valence-electron chi connectivity index (χ4n) is 12.9. The molecular formula is C68H50B2N6. The Hall–Kier alpha value is -9.65. The molecule has 4 aliphatic heterocycles. The second-order valence-electron chi connectivity index (χ2n) is 20.2. The van der Waals surface area contributed by atoms with E-state index in [1.807, 2.05) is 0 Å². The van der Waals surface area contributed by atoms with Gasteiger partial charge in [0.25, 0.3) is 13.4 Å². The van der Waals surface area contributed by atoms with E-state index >= 15 is 0 Å². The van der Waals surface area contributed by atoms with Crippen LogP contribution in [-0.2, 0) is 0 Å². The maximum atomic E-state index is 2.60. The molecule has 0 unspecified atom stereocenters. The Kier molecular flexibility index (Phi) is 10.1. The van der Waals surface area contributed by atoms with Gasteiger partial charge in [0, 0.05) is 93.7 Å². The second-order valence-corrected chi connectivity index (χ2v) is 20.2. The summed E-state index contributed by atoms with van der Waals surface area (Å²) in [6.45, 7) is -0.0979. The van der Waals surface area contributed by atoms with Gasteiger partial charge < -0.3 is 29.4 Å². The molecule has 4 heterocycles. The Morgan fingerprint density at radius 1 is 0.250 bits per heavy atom. The van der Waals surface area contributed by atoms with Crippen LogP contribution >= 0.6 is 0 Å². The molecule has 0 spiro atoms. The molecule has 0 atom stereocenters. The molecule has 0 fully saturated rings. The first-order valence-electron chi connectivity index (χ1n) is 26.3. The molecule has 0 saturated heterocycles. The maximum Gasteiger partial charge on any atom is 0.252 e. The van der Waals surface area contributed by atoms with Crippen molar-refractivity contribution < 1.29 is 0 Å². The van der Waals surface area contributed by atoms with E-state index in [1.165, 1.54) is 78.3 Å². The molecule has 0 aliphatic carbocycles. The van der Waals surface area contributed by atoms with E-state index in [-0.39, 0.29) is 13.4 Å². The minimum Gasteiger partial charge on any atom is -0.345 e. The van der Waals surface area contributed by atoms with Gasteiger partial charge in [-0.05, 0) is 148 Å². The van der Waals surface area contributed by atoms with Crippen LogP contribution in [0.25, 0.3) is 0 Å². The van der Waals surface area contributed by atoms with E-state index in [2.05, 4.69) is 310 Å². The zero-order valence-electron chi connectivity index (χ0n) is 42.2. The van der Waals surface area contributed by atoms with Gasteiger partial charge in [0.05, 0.1) is 11.4 Å². The molecule has 358 valence electrons. The van der Waals surface area contributed by atoms with Crippen molar-refractivity contribution in [3.8, 4) is 0 Å². The van der Waals surface area contributed by atoms with Crippen molar-refractivity contribution in [2.75, 3.05) is 43.5 Å². The number of fused-ring (bicyclic) bond motifs is 8. The highest BCUT2D eigenvalue weighted by Crippen LogP contribution is 2.49. The van der Waals surface area contributed by atoms with Gasteiger partial charge in [-0.15, -0.1) is 0 Å². The van der Waals surface area contributed by atoms with Crippen molar-refractivity contribution >= 4 is 137 Å². The summed E-state index contributed by atoms with van der Waals surface area (Å²) >= 11 is 0. The zero-order chi connectivity index (χ0) is 50.4. The smallest absolute Gasteiger partial charge is 0.252 e. The van der Waals surface area contributed by atoms with Gasteiger partial charge >= 0.3 is 0 Å². The van der Waals surface area contributed by atoms with E-state index in [0.29, 0.717) is 0 Å². The van der Waals surface area contributed by atoms with Gasteiger partial charge in [-0.3, -0.25) is 0 Å². The topological polar surface area (TPSA) is 19.4 Å². The van der Waals surface area contributed by atoms with Crippen LogP contribution in [0.4, 0.5) is 91.0 Å². The highest BCUT2D eigenvalue weighted by molar-refractivity contribution is 7.03.